The summed E-state index contributed by atoms with van der Waals surface area (Å²) in [4.78, 5) is 22.5. The number of carbonyl (C=O) groups is 1. The van der Waals surface area contributed by atoms with E-state index < -0.39 is 5.82 Å². The van der Waals surface area contributed by atoms with Crippen molar-refractivity contribution in [1.82, 2.24) is 24.6 Å². The molecule has 0 radical (unpaired) electrons. The lowest BCUT2D eigenvalue weighted by molar-refractivity contribution is -0.130. The lowest BCUT2D eigenvalue weighted by Gasteiger charge is -2.38. The van der Waals surface area contributed by atoms with Crippen LogP contribution in [0.2, 0.25) is 5.02 Å². The smallest absolute Gasteiger partial charge is 0.245 e. The van der Waals surface area contributed by atoms with E-state index in [4.69, 9.17) is 31.9 Å². The average molecular weight is 549 g/mol. The van der Waals surface area contributed by atoms with E-state index in [1.54, 1.807) is 12.1 Å². The number of hydrogen-bond donors (Lipinski definition) is 1. The number of anilines is 1. The number of likely N-dealkylation sites (tertiary alicyclic amines) is 1. The first-order chi connectivity index (χ1) is 18.9. The summed E-state index contributed by atoms with van der Waals surface area (Å²) < 4.78 is 27.5. The monoisotopic (exact) mass is 548 g/mol. The molecule has 200 valence electrons. The molecule has 2 saturated heterocycles. The first kappa shape index (κ1) is 25.3. The molecular formula is C28H26ClFN6O3. The number of benzene rings is 2. The maximum atomic E-state index is 13.5. The molecule has 2 aliphatic heterocycles. The van der Waals surface area contributed by atoms with Crippen LogP contribution in [0.15, 0.2) is 61.4 Å². The Kier molecular flexibility index (Phi) is 6.44. The summed E-state index contributed by atoms with van der Waals surface area (Å²) in [6.07, 6.45) is 5.07. The van der Waals surface area contributed by atoms with Crippen LogP contribution in [0, 0.1) is 5.82 Å². The van der Waals surface area contributed by atoms with Gasteiger partial charge < -0.3 is 20.1 Å². The van der Waals surface area contributed by atoms with Gasteiger partial charge in [0.05, 0.1) is 28.7 Å². The Balaban J connectivity index is 1.26. The predicted molar refractivity (Wildman–Crippen MR) is 145 cm³/mol. The highest BCUT2D eigenvalue weighted by Crippen LogP contribution is 2.43. The van der Waals surface area contributed by atoms with Gasteiger partial charge in [-0.25, -0.2) is 19.0 Å². The summed E-state index contributed by atoms with van der Waals surface area (Å²) in [6.45, 7) is 5.35. The molecule has 39 heavy (non-hydrogen) atoms. The van der Waals surface area contributed by atoms with Crippen molar-refractivity contribution in [2.24, 2.45) is 0 Å². The molecule has 1 amide bonds. The number of halogens is 2. The highest BCUT2D eigenvalue weighted by Gasteiger charge is 2.44. The number of nitrogens with two attached hydrogens (primary N) is 1. The van der Waals surface area contributed by atoms with Crippen LogP contribution in [-0.4, -0.2) is 55.9 Å². The number of fused-ring (bicyclic) bond motifs is 1. The van der Waals surface area contributed by atoms with Crippen LogP contribution in [0.1, 0.15) is 25.3 Å². The van der Waals surface area contributed by atoms with Crippen molar-refractivity contribution in [3.05, 3.63) is 72.3 Å². The molecular weight excluding hydrogens is 523 g/mol. The standard InChI is InChI=1S/C28H26ClFN6O3/c1-2-23(37)35-11-9-28(10-12-35)14-18(15-38-28)36-27-24(26(31)32-16-33-27)25(34-36)17-3-5-19(6-4-17)39-20-7-8-22(30)21(29)13-20/h2-8,13,16,18H,1,9-12,14-15H2,(H2,31,32,33). The molecule has 9 nitrogen and oxygen atoms in total. The van der Waals surface area contributed by atoms with Crippen LogP contribution in [0.3, 0.4) is 0 Å². The quantitative estimate of drug-likeness (QED) is 0.343. The van der Waals surface area contributed by atoms with E-state index in [0.29, 0.717) is 53.7 Å². The van der Waals surface area contributed by atoms with E-state index in [0.717, 1.165) is 24.8 Å². The second kappa shape index (κ2) is 9.94. The molecule has 0 bridgehead atoms. The molecule has 4 aromatic rings. The van der Waals surface area contributed by atoms with Crippen LogP contribution in [0.5, 0.6) is 11.5 Å². The van der Waals surface area contributed by atoms with E-state index in [9.17, 15) is 9.18 Å². The van der Waals surface area contributed by atoms with E-state index in [1.807, 2.05) is 21.7 Å². The van der Waals surface area contributed by atoms with Gasteiger partial charge in [0, 0.05) is 31.1 Å². The molecule has 11 heteroatoms. The molecule has 0 aliphatic carbocycles. The van der Waals surface area contributed by atoms with Gasteiger partial charge in [-0.05, 0) is 55.3 Å². The Morgan fingerprint density at radius 1 is 1.18 bits per heavy atom. The fourth-order valence-corrected chi connectivity index (χ4v) is 5.57. The lowest BCUT2D eigenvalue weighted by Crippen LogP contribution is -2.46. The van der Waals surface area contributed by atoms with Gasteiger partial charge in [0.1, 0.15) is 35.2 Å². The largest absolute Gasteiger partial charge is 0.457 e. The number of amides is 1. The topological polar surface area (TPSA) is 108 Å². The first-order valence-corrected chi connectivity index (χ1v) is 13.0. The minimum Gasteiger partial charge on any atom is -0.457 e. The van der Waals surface area contributed by atoms with Gasteiger partial charge in [-0.15, -0.1) is 0 Å². The molecule has 2 aliphatic rings. The number of carbonyl (C=O) groups excluding carboxylic acids is 1. The van der Waals surface area contributed by atoms with Crippen molar-refractivity contribution >= 4 is 34.4 Å². The fourth-order valence-electron chi connectivity index (χ4n) is 5.40. The zero-order valence-electron chi connectivity index (χ0n) is 21.0. The number of nitrogen functional groups attached to an aromatic ring is 1. The number of rotatable bonds is 5. The zero-order valence-corrected chi connectivity index (χ0v) is 21.8. The average Bonchev–Trinajstić information content (AvgIpc) is 3.54. The second-order valence-corrected chi connectivity index (χ2v) is 10.2. The fraction of sp³-hybridized carbons (Fsp3) is 0.286. The number of nitrogens with zero attached hydrogens (tertiary/aromatic N) is 5. The Morgan fingerprint density at radius 2 is 1.92 bits per heavy atom. The third-order valence-electron chi connectivity index (χ3n) is 7.47. The molecule has 6 rings (SSSR count). The van der Waals surface area contributed by atoms with Crippen LogP contribution < -0.4 is 10.5 Å². The van der Waals surface area contributed by atoms with Gasteiger partial charge in [0.15, 0.2) is 5.65 Å². The maximum Gasteiger partial charge on any atom is 0.245 e. The Hall–Kier alpha value is -4.02. The Morgan fingerprint density at radius 3 is 2.64 bits per heavy atom. The second-order valence-electron chi connectivity index (χ2n) is 9.83. The number of piperidine rings is 1. The maximum absolute atomic E-state index is 13.5. The summed E-state index contributed by atoms with van der Waals surface area (Å²) in [6, 6.07) is 11.5. The van der Waals surface area contributed by atoms with Crippen molar-refractivity contribution in [2.45, 2.75) is 30.9 Å². The van der Waals surface area contributed by atoms with Crippen LogP contribution in [0.25, 0.3) is 22.3 Å². The number of hydrogen-bond acceptors (Lipinski definition) is 7. The summed E-state index contributed by atoms with van der Waals surface area (Å²) >= 11 is 5.87. The summed E-state index contributed by atoms with van der Waals surface area (Å²) in [5.74, 6) is 0.770. The predicted octanol–water partition coefficient (Wildman–Crippen LogP) is 5.17. The lowest BCUT2D eigenvalue weighted by atomic mass is 9.87. The van der Waals surface area contributed by atoms with Crippen molar-refractivity contribution in [3.8, 4) is 22.8 Å². The normalized spacial score (nSPS) is 18.5. The molecule has 2 aromatic carbocycles. The van der Waals surface area contributed by atoms with E-state index in [-0.39, 0.29) is 22.6 Å². The molecule has 1 unspecified atom stereocenters. The number of ether oxygens (including phenoxy) is 2. The zero-order chi connectivity index (χ0) is 27.1. The highest BCUT2D eigenvalue weighted by molar-refractivity contribution is 6.30. The van der Waals surface area contributed by atoms with E-state index in [1.165, 1.54) is 30.6 Å². The van der Waals surface area contributed by atoms with Gasteiger partial charge in [-0.3, -0.25) is 4.79 Å². The summed E-state index contributed by atoms with van der Waals surface area (Å²) in [5, 5.41) is 5.61. The van der Waals surface area contributed by atoms with Crippen molar-refractivity contribution < 1.29 is 18.7 Å². The SMILES string of the molecule is C=CC(=O)N1CCC2(CC1)CC(n1nc(-c3ccc(Oc4ccc(F)c(Cl)c4)cc3)c3c(N)ncnc31)CO2. The van der Waals surface area contributed by atoms with Crippen molar-refractivity contribution in [1.29, 1.82) is 0 Å². The van der Waals surface area contributed by atoms with Crippen molar-refractivity contribution in [2.75, 3.05) is 25.4 Å². The Bertz CT molecular complexity index is 1570. The van der Waals surface area contributed by atoms with Crippen molar-refractivity contribution in [3.63, 3.8) is 0 Å². The third-order valence-corrected chi connectivity index (χ3v) is 7.76. The summed E-state index contributed by atoms with van der Waals surface area (Å²) in [7, 11) is 0. The molecule has 0 saturated carbocycles. The Labute approximate surface area is 229 Å². The van der Waals surface area contributed by atoms with E-state index >= 15 is 0 Å². The molecule has 4 heterocycles. The molecule has 2 fully saturated rings. The van der Waals surface area contributed by atoms with E-state index in [2.05, 4.69) is 16.5 Å². The van der Waals surface area contributed by atoms with Crippen LogP contribution in [-0.2, 0) is 9.53 Å². The van der Waals surface area contributed by atoms with Crippen LogP contribution in [0.4, 0.5) is 10.2 Å². The van der Waals surface area contributed by atoms with Crippen LogP contribution >= 0.6 is 11.6 Å². The minimum atomic E-state index is -0.506. The third kappa shape index (κ3) is 4.70. The van der Waals surface area contributed by atoms with Gasteiger partial charge in [-0.2, -0.15) is 5.10 Å². The molecule has 1 atom stereocenters. The molecule has 1 spiro atoms. The minimum absolute atomic E-state index is 0.00918. The summed E-state index contributed by atoms with van der Waals surface area (Å²) in [5.41, 5.74) is 8.12. The van der Waals surface area contributed by atoms with Gasteiger partial charge in [0.2, 0.25) is 5.91 Å². The highest BCUT2D eigenvalue weighted by atomic mass is 35.5. The molecule has 2 aromatic heterocycles. The van der Waals surface area contributed by atoms with Gasteiger partial charge >= 0.3 is 0 Å². The number of aromatic nitrogens is 4. The van der Waals surface area contributed by atoms with Gasteiger partial charge in [-0.1, -0.05) is 18.2 Å². The first-order valence-electron chi connectivity index (χ1n) is 12.6. The van der Waals surface area contributed by atoms with Gasteiger partial charge in [0.25, 0.3) is 0 Å². The molecule has 2 N–H and O–H groups in total.